The third-order valence-corrected chi connectivity index (χ3v) is 5.95. The number of hydrogen-bond acceptors (Lipinski definition) is 6. The zero-order valence-corrected chi connectivity index (χ0v) is 16.5. The van der Waals surface area contributed by atoms with Gasteiger partial charge in [0.1, 0.15) is 16.4 Å². The predicted molar refractivity (Wildman–Crippen MR) is 111 cm³/mol. The van der Waals surface area contributed by atoms with E-state index in [4.69, 9.17) is 21.8 Å². The number of aromatic nitrogens is 1. The number of halogens is 1. The summed E-state index contributed by atoms with van der Waals surface area (Å²) in [7, 11) is 0. The Bertz CT molecular complexity index is 1010. The largest absolute Gasteiger partial charge is 0.456 e. The van der Waals surface area contributed by atoms with E-state index in [1.165, 1.54) is 4.88 Å². The number of furan rings is 1. The molecule has 7 heteroatoms. The summed E-state index contributed by atoms with van der Waals surface area (Å²) in [5, 5.41) is 7.99. The molecular weight excluding hydrogens is 386 g/mol. The van der Waals surface area contributed by atoms with Crippen molar-refractivity contribution >= 4 is 51.1 Å². The fourth-order valence-corrected chi connectivity index (χ4v) is 4.55. The molecule has 0 radical (unpaired) electrons. The third-order valence-electron chi connectivity index (χ3n) is 3.99. The van der Waals surface area contributed by atoms with E-state index in [1.54, 1.807) is 22.7 Å². The summed E-state index contributed by atoms with van der Waals surface area (Å²) in [6.07, 6.45) is 0.644. The molecule has 1 atom stereocenters. The van der Waals surface area contributed by atoms with E-state index in [9.17, 15) is 0 Å². The molecule has 0 aliphatic rings. The van der Waals surface area contributed by atoms with Gasteiger partial charge in [-0.2, -0.15) is 0 Å². The highest BCUT2D eigenvalue weighted by molar-refractivity contribution is 7.13. The summed E-state index contributed by atoms with van der Waals surface area (Å²) in [6.45, 7) is 2.69. The van der Waals surface area contributed by atoms with Gasteiger partial charge in [0, 0.05) is 34.8 Å². The Balaban J connectivity index is 1.83. The minimum atomic E-state index is -0.00715. The van der Waals surface area contributed by atoms with Crippen LogP contribution in [0.15, 0.2) is 45.5 Å². The van der Waals surface area contributed by atoms with Gasteiger partial charge in [-0.3, -0.25) is 0 Å². The van der Waals surface area contributed by atoms with Crippen molar-refractivity contribution in [2.45, 2.75) is 25.9 Å². The lowest BCUT2D eigenvalue weighted by atomic mass is 10.1. The zero-order valence-electron chi connectivity index (χ0n) is 14.2. The average Bonchev–Trinajstić information content (AvgIpc) is 3.32. The van der Waals surface area contributed by atoms with Gasteiger partial charge < -0.3 is 15.5 Å². The second-order valence-electron chi connectivity index (χ2n) is 6.16. The van der Waals surface area contributed by atoms with Gasteiger partial charge in [0.05, 0.1) is 11.3 Å². The first kappa shape index (κ1) is 17.5. The van der Waals surface area contributed by atoms with E-state index in [0.717, 1.165) is 33.0 Å². The fraction of sp³-hybridized carbons (Fsp3) is 0.211. The number of fused-ring (bicyclic) bond motifs is 1. The number of hydrogen-bond donors (Lipinski definition) is 2. The molecule has 0 aromatic carbocycles. The lowest BCUT2D eigenvalue weighted by molar-refractivity contribution is 0.527. The number of nitrogens with zero attached hydrogens (tertiary/aromatic N) is 1. The highest BCUT2D eigenvalue weighted by Crippen LogP contribution is 2.40. The number of nitrogens with two attached hydrogens (primary N) is 1. The Kier molecular flexibility index (Phi) is 5.00. The van der Waals surface area contributed by atoms with Crippen LogP contribution < -0.4 is 11.1 Å². The number of rotatable bonds is 6. The third kappa shape index (κ3) is 3.50. The first-order valence-corrected chi connectivity index (χ1v) is 10.4. The van der Waals surface area contributed by atoms with Gasteiger partial charge in [-0.25, -0.2) is 4.98 Å². The molecule has 0 fully saturated rings. The minimum Gasteiger partial charge on any atom is -0.456 e. The first-order valence-electron chi connectivity index (χ1n) is 8.29. The Morgan fingerprint density at radius 2 is 2.08 bits per heavy atom. The number of pyridine rings is 1. The summed E-state index contributed by atoms with van der Waals surface area (Å²) in [5.41, 5.74) is 9.39. The predicted octanol–water partition coefficient (Wildman–Crippen LogP) is 5.77. The summed E-state index contributed by atoms with van der Waals surface area (Å²) < 4.78 is 6.24. The summed E-state index contributed by atoms with van der Waals surface area (Å²) >= 11 is 9.69. The Hall–Kier alpha value is -1.86. The Labute approximate surface area is 164 Å². The lowest BCUT2D eigenvalue weighted by Gasteiger charge is -2.06. The first-order chi connectivity index (χ1) is 12.6. The van der Waals surface area contributed by atoms with Gasteiger partial charge in [-0.05, 0) is 29.8 Å². The highest BCUT2D eigenvalue weighted by Gasteiger charge is 2.22. The van der Waals surface area contributed by atoms with Gasteiger partial charge >= 0.3 is 0 Å². The number of thiophene rings is 2. The van der Waals surface area contributed by atoms with Crippen LogP contribution >= 0.6 is 34.3 Å². The van der Waals surface area contributed by atoms with E-state index in [1.807, 2.05) is 30.5 Å². The van der Waals surface area contributed by atoms with Crippen LogP contribution in [0.25, 0.3) is 21.5 Å². The van der Waals surface area contributed by atoms with Gasteiger partial charge in [-0.1, -0.05) is 23.7 Å². The lowest BCUT2D eigenvalue weighted by Crippen LogP contribution is -2.17. The van der Waals surface area contributed by atoms with Crippen molar-refractivity contribution in [2.75, 3.05) is 5.32 Å². The molecule has 0 saturated heterocycles. The van der Waals surface area contributed by atoms with Crippen molar-refractivity contribution in [2.24, 2.45) is 5.73 Å². The van der Waals surface area contributed by atoms with Crippen molar-refractivity contribution in [1.29, 1.82) is 0 Å². The van der Waals surface area contributed by atoms with E-state index in [-0.39, 0.29) is 6.04 Å². The van der Waals surface area contributed by atoms with E-state index < -0.39 is 0 Å². The van der Waals surface area contributed by atoms with Crippen molar-refractivity contribution in [3.05, 3.63) is 56.9 Å². The molecule has 0 bridgehead atoms. The number of nitrogens with one attached hydrogen (secondary N) is 1. The molecule has 4 aromatic heterocycles. The van der Waals surface area contributed by atoms with Crippen LogP contribution in [0.3, 0.4) is 0 Å². The fourth-order valence-electron chi connectivity index (χ4n) is 2.92. The van der Waals surface area contributed by atoms with Crippen molar-refractivity contribution in [3.63, 3.8) is 0 Å². The van der Waals surface area contributed by atoms with E-state index in [0.29, 0.717) is 18.1 Å². The quantitative estimate of drug-likeness (QED) is 0.401. The molecule has 4 nitrogen and oxygen atoms in total. The molecule has 0 amide bonds. The standard InChI is InChI=1S/C19H18ClN3OS2/c1-11(21)8-14-17(15-5-3-7-26-15)18-19(24-14)13(9-16(20)23-18)22-10-12-4-2-6-25-12/h2-7,9,11H,8,10,21H2,1H3,(H,22,23)/t11-/m0/s1. The molecule has 0 aliphatic heterocycles. The van der Waals surface area contributed by atoms with Crippen molar-refractivity contribution in [1.82, 2.24) is 4.98 Å². The van der Waals surface area contributed by atoms with Crippen LogP contribution in [0.2, 0.25) is 5.15 Å². The smallest absolute Gasteiger partial charge is 0.176 e. The monoisotopic (exact) mass is 403 g/mol. The molecule has 4 heterocycles. The zero-order chi connectivity index (χ0) is 18.1. The van der Waals surface area contributed by atoms with Crippen LogP contribution in [0.5, 0.6) is 0 Å². The van der Waals surface area contributed by atoms with Crippen LogP contribution in [0.1, 0.15) is 17.6 Å². The maximum absolute atomic E-state index is 6.32. The molecule has 0 spiro atoms. The van der Waals surface area contributed by atoms with Crippen molar-refractivity contribution < 1.29 is 4.42 Å². The van der Waals surface area contributed by atoms with Crippen LogP contribution in [0.4, 0.5) is 5.69 Å². The van der Waals surface area contributed by atoms with Crippen molar-refractivity contribution in [3.8, 4) is 10.4 Å². The molecule has 3 N–H and O–H groups in total. The van der Waals surface area contributed by atoms with Crippen LogP contribution in [-0.4, -0.2) is 11.0 Å². The van der Waals surface area contributed by atoms with E-state index in [2.05, 4.69) is 27.8 Å². The average molecular weight is 404 g/mol. The Morgan fingerprint density at radius 3 is 2.77 bits per heavy atom. The van der Waals surface area contributed by atoms with Crippen LogP contribution in [0, 0.1) is 0 Å². The molecule has 134 valence electrons. The molecule has 4 aromatic rings. The molecule has 0 saturated carbocycles. The summed E-state index contributed by atoms with van der Waals surface area (Å²) in [4.78, 5) is 6.92. The summed E-state index contributed by atoms with van der Waals surface area (Å²) in [5.74, 6) is 0.853. The summed E-state index contributed by atoms with van der Waals surface area (Å²) in [6, 6.07) is 10.0. The number of anilines is 1. The molecule has 4 rings (SSSR count). The maximum atomic E-state index is 6.32. The molecule has 0 unspecified atom stereocenters. The van der Waals surface area contributed by atoms with Crippen LogP contribution in [-0.2, 0) is 13.0 Å². The van der Waals surface area contributed by atoms with Gasteiger partial charge in [0.15, 0.2) is 5.58 Å². The molecule has 26 heavy (non-hydrogen) atoms. The SMILES string of the molecule is C[C@H](N)Cc1oc2c(NCc3cccs3)cc(Cl)nc2c1-c1cccs1. The second kappa shape index (κ2) is 7.40. The van der Waals surface area contributed by atoms with Gasteiger partial charge in [-0.15, -0.1) is 22.7 Å². The maximum Gasteiger partial charge on any atom is 0.176 e. The highest BCUT2D eigenvalue weighted by atomic mass is 35.5. The van der Waals surface area contributed by atoms with Gasteiger partial charge in [0.2, 0.25) is 0 Å². The molecule has 0 aliphatic carbocycles. The normalized spacial score (nSPS) is 12.6. The van der Waals surface area contributed by atoms with Gasteiger partial charge in [0.25, 0.3) is 0 Å². The molecular formula is C19H18ClN3OS2. The topological polar surface area (TPSA) is 64.1 Å². The Morgan fingerprint density at radius 1 is 1.27 bits per heavy atom. The second-order valence-corrected chi connectivity index (χ2v) is 8.53. The van der Waals surface area contributed by atoms with E-state index >= 15 is 0 Å². The minimum absolute atomic E-state index is 0.00715.